The van der Waals surface area contributed by atoms with Crippen molar-refractivity contribution in [2.45, 2.75) is 57.0 Å². The van der Waals surface area contributed by atoms with Crippen LogP contribution in [0.4, 0.5) is 0 Å². The molecule has 0 aliphatic carbocycles. The molecule has 0 aromatic carbocycles. The van der Waals surface area contributed by atoms with Crippen molar-refractivity contribution < 1.29 is 9.28 Å². The number of piperidine rings is 4. The van der Waals surface area contributed by atoms with Gasteiger partial charge in [0.1, 0.15) is 0 Å². The maximum Gasteiger partial charge on any atom is 0.222 e. The molecule has 4 rings (SSSR count). The predicted molar refractivity (Wildman–Crippen MR) is 74.5 cm³/mol. The van der Waals surface area contributed by atoms with Gasteiger partial charge in [-0.15, -0.1) is 0 Å². The van der Waals surface area contributed by atoms with Gasteiger partial charge in [0.05, 0.1) is 26.2 Å². The Bertz CT molecular complexity index is 392. The number of nitrogens with zero attached hydrogens (tertiary/aromatic N) is 2. The van der Waals surface area contributed by atoms with Gasteiger partial charge in [0.2, 0.25) is 5.91 Å². The summed E-state index contributed by atoms with van der Waals surface area (Å²) >= 11 is 0. The minimum absolute atomic E-state index is 0.458. The van der Waals surface area contributed by atoms with Crippen LogP contribution in [0.5, 0.6) is 0 Å². The van der Waals surface area contributed by atoms with Crippen molar-refractivity contribution in [2.75, 3.05) is 26.7 Å². The molecule has 106 valence electrons. The van der Waals surface area contributed by atoms with Gasteiger partial charge < -0.3 is 9.38 Å². The first kappa shape index (κ1) is 12.2. The van der Waals surface area contributed by atoms with Crippen LogP contribution in [0.25, 0.3) is 0 Å². The molecule has 5 unspecified atom stereocenters. The van der Waals surface area contributed by atoms with E-state index in [9.17, 15) is 4.79 Å². The molecule has 0 aromatic rings. The van der Waals surface area contributed by atoms with Crippen molar-refractivity contribution >= 4 is 5.91 Å². The van der Waals surface area contributed by atoms with E-state index in [1.54, 1.807) is 0 Å². The van der Waals surface area contributed by atoms with E-state index < -0.39 is 0 Å². The van der Waals surface area contributed by atoms with E-state index in [-0.39, 0.29) is 0 Å². The summed E-state index contributed by atoms with van der Waals surface area (Å²) in [7, 11) is 2.50. The van der Waals surface area contributed by atoms with Gasteiger partial charge >= 0.3 is 0 Å². The summed E-state index contributed by atoms with van der Waals surface area (Å²) in [5.41, 5.74) is 0. The molecule has 1 amide bonds. The Morgan fingerprint density at radius 2 is 1.89 bits per heavy atom. The van der Waals surface area contributed by atoms with Crippen LogP contribution in [-0.2, 0) is 4.79 Å². The van der Waals surface area contributed by atoms with Crippen molar-refractivity contribution in [1.29, 1.82) is 0 Å². The number of rotatable bonds is 0. The summed E-state index contributed by atoms with van der Waals surface area (Å²) in [5, 5.41) is 0. The van der Waals surface area contributed by atoms with E-state index in [0.717, 1.165) is 37.3 Å². The number of carbonyl (C=O) groups is 1. The van der Waals surface area contributed by atoms with E-state index in [1.807, 2.05) is 0 Å². The quantitative estimate of drug-likeness (QED) is 0.612. The molecule has 0 spiro atoms. The Morgan fingerprint density at radius 3 is 2.74 bits per heavy atom. The van der Waals surface area contributed by atoms with Gasteiger partial charge in [0, 0.05) is 30.8 Å². The third-order valence-electron chi connectivity index (χ3n) is 6.63. The fourth-order valence-corrected chi connectivity index (χ4v) is 5.98. The molecule has 4 fully saturated rings. The predicted octanol–water partition coefficient (Wildman–Crippen LogP) is 2.02. The highest BCUT2D eigenvalue weighted by molar-refractivity contribution is 5.77. The molecule has 0 aromatic heterocycles. The standard InChI is InChI=1S/C16H27N2O/c1-18-9-3-5-12-11-17-14(7-2-8-15(17)19)13(16(12)18)6-4-10-18/h12-14,16H,2-11H2,1H3/q+1. The maximum atomic E-state index is 12.3. The first-order chi connectivity index (χ1) is 9.19. The molecular formula is C16H27N2O+. The Hall–Kier alpha value is -0.570. The highest BCUT2D eigenvalue weighted by Crippen LogP contribution is 2.47. The summed E-state index contributed by atoms with van der Waals surface area (Å²) in [5.74, 6) is 2.06. The topological polar surface area (TPSA) is 20.3 Å². The number of quaternary nitrogens is 1. The zero-order valence-corrected chi connectivity index (χ0v) is 12.2. The van der Waals surface area contributed by atoms with Crippen molar-refractivity contribution in [3.05, 3.63) is 0 Å². The molecule has 4 aliphatic heterocycles. The molecule has 0 radical (unpaired) electrons. The molecule has 19 heavy (non-hydrogen) atoms. The minimum atomic E-state index is 0.458. The Balaban J connectivity index is 1.69. The van der Waals surface area contributed by atoms with Gasteiger partial charge in [-0.1, -0.05) is 0 Å². The number of fused-ring (bicyclic) bond motifs is 2. The summed E-state index contributed by atoms with van der Waals surface area (Å²) in [6, 6.07) is 1.47. The summed E-state index contributed by atoms with van der Waals surface area (Å²) < 4.78 is 1.33. The molecule has 4 aliphatic rings. The van der Waals surface area contributed by atoms with Gasteiger partial charge in [-0.25, -0.2) is 0 Å². The molecule has 5 atom stereocenters. The third kappa shape index (κ3) is 1.70. The maximum absolute atomic E-state index is 12.3. The lowest BCUT2D eigenvalue weighted by Gasteiger charge is -2.61. The Labute approximate surface area is 116 Å². The number of hydrogen-bond donors (Lipinski definition) is 0. The third-order valence-corrected chi connectivity index (χ3v) is 6.63. The van der Waals surface area contributed by atoms with Crippen LogP contribution in [0.1, 0.15) is 44.9 Å². The second kappa shape index (κ2) is 4.21. The van der Waals surface area contributed by atoms with Gasteiger partial charge in [0.15, 0.2) is 0 Å². The van der Waals surface area contributed by atoms with Crippen LogP contribution in [-0.4, -0.2) is 54.1 Å². The van der Waals surface area contributed by atoms with Gasteiger partial charge in [-0.2, -0.15) is 0 Å². The van der Waals surface area contributed by atoms with Crippen molar-refractivity contribution in [1.82, 2.24) is 4.90 Å². The molecule has 0 bridgehead atoms. The van der Waals surface area contributed by atoms with Crippen LogP contribution in [0.3, 0.4) is 0 Å². The summed E-state index contributed by atoms with van der Waals surface area (Å²) in [6.07, 6.45) is 8.72. The zero-order valence-electron chi connectivity index (χ0n) is 12.2. The highest BCUT2D eigenvalue weighted by Gasteiger charge is 2.56. The lowest BCUT2D eigenvalue weighted by molar-refractivity contribution is -0.952. The van der Waals surface area contributed by atoms with Crippen LogP contribution >= 0.6 is 0 Å². The van der Waals surface area contributed by atoms with E-state index in [2.05, 4.69) is 11.9 Å². The fourth-order valence-electron chi connectivity index (χ4n) is 5.98. The first-order valence-corrected chi connectivity index (χ1v) is 8.33. The second-order valence-electron chi connectivity index (χ2n) is 7.63. The van der Waals surface area contributed by atoms with Crippen molar-refractivity contribution in [3.63, 3.8) is 0 Å². The molecule has 3 nitrogen and oxygen atoms in total. The Morgan fingerprint density at radius 1 is 1.11 bits per heavy atom. The number of carbonyl (C=O) groups excluding carboxylic acids is 1. The van der Waals surface area contributed by atoms with Crippen molar-refractivity contribution in [2.24, 2.45) is 11.8 Å². The number of hydrogen-bond acceptors (Lipinski definition) is 1. The Kier molecular flexibility index (Phi) is 2.70. The average Bonchev–Trinajstić information content (AvgIpc) is 2.40. The normalized spacial score (nSPS) is 49.5. The summed E-state index contributed by atoms with van der Waals surface area (Å²) in [4.78, 5) is 14.6. The van der Waals surface area contributed by atoms with Gasteiger partial charge in [-0.3, -0.25) is 4.79 Å². The van der Waals surface area contributed by atoms with Crippen LogP contribution in [0, 0.1) is 11.8 Å². The van der Waals surface area contributed by atoms with E-state index in [0.29, 0.717) is 11.9 Å². The molecule has 0 saturated carbocycles. The molecule has 0 N–H and O–H groups in total. The number of amides is 1. The molecule has 4 heterocycles. The largest absolute Gasteiger partial charge is 0.339 e. The van der Waals surface area contributed by atoms with Crippen LogP contribution in [0.15, 0.2) is 0 Å². The van der Waals surface area contributed by atoms with Gasteiger partial charge in [0.25, 0.3) is 0 Å². The SMILES string of the molecule is C[N+]12CCCC3CN4C(=O)CCCC4C(CCC1)C32. The van der Waals surface area contributed by atoms with Crippen LogP contribution < -0.4 is 0 Å². The van der Waals surface area contributed by atoms with E-state index in [1.165, 1.54) is 49.7 Å². The minimum Gasteiger partial charge on any atom is -0.339 e. The second-order valence-corrected chi connectivity index (χ2v) is 7.63. The molecule has 3 heteroatoms. The molecular weight excluding hydrogens is 236 g/mol. The first-order valence-electron chi connectivity index (χ1n) is 8.33. The lowest BCUT2D eigenvalue weighted by Crippen LogP contribution is -2.72. The smallest absolute Gasteiger partial charge is 0.222 e. The zero-order chi connectivity index (χ0) is 13.0. The monoisotopic (exact) mass is 263 g/mol. The van der Waals surface area contributed by atoms with Crippen molar-refractivity contribution in [3.8, 4) is 0 Å². The lowest BCUT2D eigenvalue weighted by atomic mass is 9.67. The summed E-state index contributed by atoms with van der Waals surface area (Å²) in [6.45, 7) is 3.86. The fraction of sp³-hybridized carbons (Fsp3) is 0.938. The van der Waals surface area contributed by atoms with E-state index >= 15 is 0 Å². The van der Waals surface area contributed by atoms with Gasteiger partial charge in [-0.05, 0) is 38.5 Å². The van der Waals surface area contributed by atoms with E-state index in [4.69, 9.17) is 0 Å². The average molecular weight is 263 g/mol. The molecule has 4 saturated heterocycles. The van der Waals surface area contributed by atoms with Crippen LogP contribution in [0.2, 0.25) is 0 Å². The highest BCUT2D eigenvalue weighted by atomic mass is 16.2.